The standard InChI is InChI=1S/C10H10F9NO/c11-7(12,6(21)20-5-3-1-2-4-5)8(13,14)9(15,16)10(17,18)19/h5H,1-4H2,(H,20,21). The molecule has 0 spiro atoms. The van der Waals surface area contributed by atoms with Crippen LogP contribution in [0.25, 0.3) is 0 Å². The van der Waals surface area contributed by atoms with Crippen molar-refractivity contribution in [3.63, 3.8) is 0 Å². The Labute approximate surface area is 112 Å². The van der Waals surface area contributed by atoms with Crippen molar-refractivity contribution in [3.8, 4) is 0 Å². The van der Waals surface area contributed by atoms with Crippen molar-refractivity contribution >= 4 is 5.91 Å². The quantitative estimate of drug-likeness (QED) is 0.785. The zero-order valence-corrected chi connectivity index (χ0v) is 10.2. The molecule has 0 radical (unpaired) electrons. The highest BCUT2D eigenvalue weighted by Crippen LogP contribution is 2.53. The van der Waals surface area contributed by atoms with Gasteiger partial charge in [0.1, 0.15) is 0 Å². The van der Waals surface area contributed by atoms with Crippen molar-refractivity contribution in [2.45, 2.75) is 55.7 Å². The Balaban J connectivity index is 3.00. The summed E-state index contributed by atoms with van der Waals surface area (Å²) in [5.74, 6) is -23.0. The fourth-order valence-corrected chi connectivity index (χ4v) is 1.86. The Kier molecular flexibility index (Phi) is 4.46. The number of carbonyl (C=O) groups is 1. The zero-order valence-electron chi connectivity index (χ0n) is 10.2. The molecule has 0 unspecified atom stereocenters. The smallest absolute Gasteiger partial charge is 0.348 e. The SMILES string of the molecule is O=C(NC1CCCC1)C(F)(F)C(F)(F)C(F)(F)C(F)(F)F. The second-order valence-electron chi connectivity index (χ2n) is 4.68. The number of carbonyl (C=O) groups excluding carboxylic acids is 1. The van der Waals surface area contributed by atoms with Crippen molar-refractivity contribution in [2.75, 3.05) is 0 Å². The number of amides is 1. The molecule has 1 fully saturated rings. The average Bonchev–Trinajstić information content (AvgIpc) is 2.79. The fraction of sp³-hybridized carbons (Fsp3) is 0.900. The Morgan fingerprint density at radius 2 is 1.24 bits per heavy atom. The monoisotopic (exact) mass is 331 g/mol. The van der Waals surface area contributed by atoms with Crippen molar-refractivity contribution < 1.29 is 44.3 Å². The third kappa shape index (κ3) is 2.91. The zero-order chi connectivity index (χ0) is 16.7. The summed E-state index contributed by atoms with van der Waals surface area (Å²) in [4.78, 5) is 11.0. The summed E-state index contributed by atoms with van der Waals surface area (Å²) < 4.78 is 113. The van der Waals surface area contributed by atoms with Gasteiger partial charge in [0.25, 0.3) is 5.91 Å². The van der Waals surface area contributed by atoms with Gasteiger partial charge < -0.3 is 5.32 Å². The molecule has 0 aliphatic heterocycles. The predicted octanol–water partition coefficient (Wildman–Crippen LogP) is 3.51. The van der Waals surface area contributed by atoms with Crippen molar-refractivity contribution in [3.05, 3.63) is 0 Å². The Hall–Kier alpha value is -1.16. The van der Waals surface area contributed by atoms with E-state index in [1.54, 1.807) is 0 Å². The Morgan fingerprint density at radius 1 is 0.810 bits per heavy atom. The Morgan fingerprint density at radius 3 is 1.62 bits per heavy atom. The molecule has 0 heterocycles. The summed E-state index contributed by atoms with van der Waals surface area (Å²) in [7, 11) is 0. The van der Waals surface area contributed by atoms with E-state index in [9.17, 15) is 44.3 Å². The van der Waals surface area contributed by atoms with Crippen molar-refractivity contribution in [1.82, 2.24) is 5.32 Å². The molecule has 0 saturated heterocycles. The molecule has 0 aromatic heterocycles. The molecule has 1 saturated carbocycles. The fourth-order valence-electron chi connectivity index (χ4n) is 1.86. The van der Waals surface area contributed by atoms with E-state index >= 15 is 0 Å². The molecule has 1 amide bonds. The summed E-state index contributed by atoms with van der Waals surface area (Å²) in [6.45, 7) is 0. The summed E-state index contributed by atoms with van der Waals surface area (Å²) in [5.41, 5.74) is 0. The first-order chi connectivity index (χ1) is 9.25. The van der Waals surface area contributed by atoms with E-state index in [-0.39, 0.29) is 12.8 Å². The van der Waals surface area contributed by atoms with E-state index in [1.807, 2.05) is 0 Å². The third-order valence-electron chi connectivity index (χ3n) is 3.12. The van der Waals surface area contributed by atoms with Gasteiger partial charge in [-0.3, -0.25) is 4.79 Å². The Bertz CT molecular complexity index is 398. The number of alkyl halides is 9. The molecular weight excluding hydrogens is 321 g/mol. The normalized spacial score (nSPS) is 18.9. The van der Waals surface area contributed by atoms with Gasteiger partial charge in [0.05, 0.1) is 0 Å². The highest BCUT2D eigenvalue weighted by atomic mass is 19.4. The maximum atomic E-state index is 13.1. The molecular formula is C10H10F9NO. The minimum Gasteiger partial charge on any atom is -0.348 e. The van der Waals surface area contributed by atoms with Gasteiger partial charge in [-0.25, -0.2) is 0 Å². The molecule has 11 heteroatoms. The van der Waals surface area contributed by atoms with Gasteiger partial charge in [-0.15, -0.1) is 0 Å². The lowest BCUT2D eigenvalue weighted by Gasteiger charge is -2.33. The molecule has 0 bridgehead atoms. The summed E-state index contributed by atoms with van der Waals surface area (Å²) in [6, 6.07) is -0.946. The maximum Gasteiger partial charge on any atom is 0.460 e. The highest BCUT2D eigenvalue weighted by molar-refractivity contribution is 5.85. The van der Waals surface area contributed by atoms with Crippen molar-refractivity contribution in [2.24, 2.45) is 0 Å². The van der Waals surface area contributed by atoms with Crippen LogP contribution in [0, 0.1) is 0 Å². The average molecular weight is 331 g/mol. The summed E-state index contributed by atoms with van der Waals surface area (Å²) in [5, 5.41) is 1.38. The number of nitrogens with one attached hydrogen (secondary N) is 1. The van der Waals surface area contributed by atoms with Gasteiger partial charge in [-0.2, -0.15) is 39.5 Å². The minimum absolute atomic E-state index is 0.156. The third-order valence-corrected chi connectivity index (χ3v) is 3.12. The topological polar surface area (TPSA) is 29.1 Å². The second kappa shape index (κ2) is 5.24. The molecule has 21 heavy (non-hydrogen) atoms. The van der Waals surface area contributed by atoms with Crippen LogP contribution < -0.4 is 5.32 Å². The van der Waals surface area contributed by atoms with Crippen LogP contribution in [-0.4, -0.2) is 35.9 Å². The lowest BCUT2D eigenvalue weighted by atomic mass is 10.0. The van der Waals surface area contributed by atoms with Crippen LogP contribution in [0.1, 0.15) is 25.7 Å². The maximum absolute atomic E-state index is 13.1. The highest BCUT2D eigenvalue weighted by Gasteiger charge is 2.83. The predicted molar refractivity (Wildman–Crippen MR) is 51.3 cm³/mol. The van der Waals surface area contributed by atoms with Crippen LogP contribution in [-0.2, 0) is 4.79 Å². The van der Waals surface area contributed by atoms with Gasteiger partial charge in [-0.05, 0) is 12.8 Å². The number of hydrogen-bond acceptors (Lipinski definition) is 1. The van der Waals surface area contributed by atoms with Crippen LogP contribution in [0.5, 0.6) is 0 Å². The van der Waals surface area contributed by atoms with E-state index in [0.717, 1.165) is 0 Å². The molecule has 2 nitrogen and oxygen atoms in total. The van der Waals surface area contributed by atoms with Gasteiger partial charge in [0, 0.05) is 6.04 Å². The van der Waals surface area contributed by atoms with E-state index < -0.39 is 35.9 Å². The first kappa shape index (κ1) is 17.9. The molecule has 0 aromatic carbocycles. The summed E-state index contributed by atoms with van der Waals surface area (Å²) in [6.07, 6.45) is -5.63. The minimum atomic E-state index is -7.05. The first-order valence-corrected chi connectivity index (χ1v) is 5.76. The second-order valence-corrected chi connectivity index (χ2v) is 4.68. The van der Waals surface area contributed by atoms with Gasteiger partial charge >= 0.3 is 23.9 Å². The van der Waals surface area contributed by atoms with Crippen LogP contribution >= 0.6 is 0 Å². The summed E-state index contributed by atoms with van der Waals surface area (Å²) >= 11 is 0. The number of halogens is 9. The van der Waals surface area contributed by atoms with E-state index in [1.165, 1.54) is 5.32 Å². The van der Waals surface area contributed by atoms with Crippen LogP contribution in [0.4, 0.5) is 39.5 Å². The molecule has 0 aromatic rings. The van der Waals surface area contributed by atoms with Crippen LogP contribution in [0.3, 0.4) is 0 Å². The van der Waals surface area contributed by atoms with Gasteiger partial charge in [0.15, 0.2) is 0 Å². The van der Waals surface area contributed by atoms with E-state index in [2.05, 4.69) is 0 Å². The van der Waals surface area contributed by atoms with Crippen LogP contribution in [0.2, 0.25) is 0 Å². The molecule has 124 valence electrons. The molecule has 1 aliphatic rings. The molecule has 1 N–H and O–H groups in total. The van der Waals surface area contributed by atoms with E-state index in [4.69, 9.17) is 0 Å². The molecule has 1 aliphatic carbocycles. The lowest BCUT2D eigenvalue weighted by Crippen LogP contribution is -2.65. The number of rotatable bonds is 4. The lowest BCUT2D eigenvalue weighted by molar-refractivity contribution is -0.388. The molecule has 0 atom stereocenters. The molecule has 1 rings (SSSR count). The van der Waals surface area contributed by atoms with Gasteiger partial charge in [-0.1, -0.05) is 12.8 Å². The largest absolute Gasteiger partial charge is 0.460 e. The van der Waals surface area contributed by atoms with E-state index in [0.29, 0.717) is 12.8 Å². The first-order valence-electron chi connectivity index (χ1n) is 5.76. The number of hydrogen-bond donors (Lipinski definition) is 1. The van der Waals surface area contributed by atoms with Crippen molar-refractivity contribution in [1.29, 1.82) is 0 Å². The van der Waals surface area contributed by atoms with Crippen LogP contribution in [0.15, 0.2) is 0 Å². The van der Waals surface area contributed by atoms with Gasteiger partial charge in [0.2, 0.25) is 0 Å².